The van der Waals surface area contributed by atoms with E-state index in [1.165, 1.54) is 0 Å². The van der Waals surface area contributed by atoms with E-state index < -0.39 is 29.5 Å². The molecule has 10 heteroatoms. The summed E-state index contributed by atoms with van der Waals surface area (Å²) >= 11 is 0. The monoisotopic (exact) mass is 554 g/mol. The molecule has 0 aliphatic carbocycles. The van der Waals surface area contributed by atoms with E-state index in [4.69, 9.17) is 0 Å². The van der Waals surface area contributed by atoms with Crippen molar-refractivity contribution in [2.24, 2.45) is 0 Å². The van der Waals surface area contributed by atoms with Gasteiger partial charge in [-0.05, 0) is 6.07 Å². The number of rotatable bonds is 4. The predicted molar refractivity (Wildman–Crippen MR) is 66.7 cm³/mol. The Morgan fingerprint density at radius 2 is 1.87 bits per heavy atom. The van der Waals surface area contributed by atoms with Crippen LogP contribution in [-0.4, -0.2) is 16.4 Å². The third kappa shape index (κ3) is 4.72. The van der Waals surface area contributed by atoms with E-state index in [2.05, 4.69) is 9.97 Å². The molecule has 0 aliphatic rings. The van der Waals surface area contributed by atoms with Gasteiger partial charge < -0.3 is 10.1 Å². The van der Waals surface area contributed by atoms with Crippen LogP contribution < -0.4 is 5.32 Å². The van der Waals surface area contributed by atoms with Crippen molar-refractivity contribution < 1.29 is 57.9 Å². The number of amides is 1. The Labute approximate surface area is 150 Å². The van der Waals surface area contributed by atoms with E-state index in [1.54, 1.807) is 5.32 Å². The predicted octanol–water partition coefficient (Wildman–Crippen LogP) is 3.58. The number of halogens is 5. The first-order chi connectivity index (χ1) is 10.3. The zero-order chi connectivity index (χ0) is 16.3. The molecule has 0 saturated carbocycles. The number of pyridine rings is 2. The maximum absolute atomic E-state index is 12.9. The largest absolute Gasteiger partial charge is 0.489 e. The SMILES string of the molecule is O=[C-]Nc1ccc(-c2cncc(C(F)F)c2)nc1C(F)(F)F.[U]. The van der Waals surface area contributed by atoms with E-state index in [0.717, 1.165) is 37.0 Å². The molecule has 0 atom stereocenters. The third-order valence-electron chi connectivity index (χ3n) is 2.66. The van der Waals surface area contributed by atoms with E-state index in [1.807, 2.05) is 0 Å². The molecule has 0 saturated heterocycles. The number of hydrogen-bond acceptors (Lipinski definition) is 3. The molecule has 0 aliphatic heterocycles. The summed E-state index contributed by atoms with van der Waals surface area (Å²) in [6.45, 7) is 0. The fourth-order valence-corrected chi connectivity index (χ4v) is 1.71. The molecule has 120 valence electrons. The van der Waals surface area contributed by atoms with E-state index in [-0.39, 0.29) is 42.4 Å². The molecular formula is C13H7F5N3OU-. The molecule has 2 aromatic rings. The summed E-state index contributed by atoms with van der Waals surface area (Å²) in [5, 5.41) is 1.77. The van der Waals surface area contributed by atoms with Crippen LogP contribution in [0.3, 0.4) is 0 Å². The number of aromatic nitrogens is 2. The van der Waals surface area contributed by atoms with E-state index in [0.29, 0.717) is 0 Å². The first-order valence-electron chi connectivity index (χ1n) is 5.78. The number of alkyl halides is 5. The number of anilines is 1. The maximum atomic E-state index is 12.9. The van der Waals surface area contributed by atoms with Crippen molar-refractivity contribution in [3.63, 3.8) is 0 Å². The Kier molecular flexibility index (Phi) is 6.65. The molecule has 0 radical (unpaired) electrons. The second-order valence-electron chi connectivity index (χ2n) is 4.13. The Bertz CT molecular complexity index is 694. The average molecular weight is 554 g/mol. The van der Waals surface area contributed by atoms with Crippen LogP contribution >= 0.6 is 0 Å². The number of carbonyl (C=O) groups excluding carboxylic acids is 1. The van der Waals surface area contributed by atoms with Crippen LogP contribution in [-0.2, 0) is 11.0 Å². The minimum absolute atomic E-state index is 0. The number of hydrogen-bond donors (Lipinski definition) is 1. The number of nitrogens with zero attached hydrogens (tertiary/aromatic N) is 2. The van der Waals surface area contributed by atoms with Crippen molar-refractivity contribution in [3.8, 4) is 11.3 Å². The topological polar surface area (TPSA) is 54.9 Å². The molecule has 4 nitrogen and oxygen atoms in total. The second kappa shape index (κ2) is 7.84. The van der Waals surface area contributed by atoms with Gasteiger partial charge in [-0.2, -0.15) is 13.2 Å². The zero-order valence-corrected chi connectivity index (χ0v) is 15.3. The van der Waals surface area contributed by atoms with Crippen molar-refractivity contribution in [1.29, 1.82) is 0 Å². The molecule has 2 aromatic heterocycles. The summed E-state index contributed by atoms with van der Waals surface area (Å²) in [6, 6.07) is 3.12. The van der Waals surface area contributed by atoms with Gasteiger partial charge in [0.1, 0.15) is 0 Å². The Morgan fingerprint density at radius 1 is 1.17 bits per heavy atom. The summed E-state index contributed by atoms with van der Waals surface area (Å²) in [7, 11) is 0. The zero-order valence-electron chi connectivity index (χ0n) is 11.2. The quantitative estimate of drug-likeness (QED) is 0.358. The van der Waals surface area contributed by atoms with Gasteiger partial charge in [0.15, 0.2) is 0 Å². The average Bonchev–Trinajstić information content (AvgIpc) is 2.47. The van der Waals surface area contributed by atoms with Crippen LogP contribution in [0.2, 0.25) is 0 Å². The molecule has 2 rings (SSSR count). The van der Waals surface area contributed by atoms with Crippen LogP contribution in [0.1, 0.15) is 17.7 Å². The summed E-state index contributed by atoms with van der Waals surface area (Å²) in [5.74, 6) is 0. The Hall–Kier alpha value is -1.53. The fourth-order valence-electron chi connectivity index (χ4n) is 1.71. The summed E-state index contributed by atoms with van der Waals surface area (Å²) in [5.41, 5.74) is -2.56. The van der Waals surface area contributed by atoms with Crippen molar-refractivity contribution in [3.05, 3.63) is 41.9 Å². The minimum atomic E-state index is -4.83. The van der Waals surface area contributed by atoms with Gasteiger partial charge in [-0.3, -0.25) is 9.97 Å². The molecule has 1 amide bonds. The summed E-state index contributed by atoms with van der Waals surface area (Å²) in [6.07, 6.45) is -4.48. The molecule has 0 unspecified atom stereocenters. The van der Waals surface area contributed by atoms with Gasteiger partial charge in [-0.25, -0.2) is 8.78 Å². The van der Waals surface area contributed by atoms with Gasteiger partial charge in [-0.15, -0.1) is 6.07 Å². The maximum Gasteiger partial charge on any atom is 0.418 e. The van der Waals surface area contributed by atoms with Crippen molar-refractivity contribution in [1.82, 2.24) is 9.97 Å². The van der Waals surface area contributed by atoms with Gasteiger partial charge in [0.2, 0.25) is 0 Å². The molecule has 0 bridgehead atoms. The van der Waals surface area contributed by atoms with Gasteiger partial charge in [0, 0.05) is 54.6 Å². The summed E-state index contributed by atoms with van der Waals surface area (Å²) < 4.78 is 63.9. The van der Waals surface area contributed by atoms with Gasteiger partial charge in [0.05, 0.1) is 17.8 Å². The molecule has 2 heterocycles. The molecule has 0 fully saturated rings. The molecule has 1 N–H and O–H groups in total. The summed E-state index contributed by atoms with van der Waals surface area (Å²) in [4.78, 5) is 17.1. The first-order valence-corrected chi connectivity index (χ1v) is 5.78. The first kappa shape index (κ1) is 19.5. The van der Waals surface area contributed by atoms with Crippen LogP contribution in [0.4, 0.5) is 27.6 Å². The van der Waals surface area contributed by atoms with Crippen LogP contribution in [0.15, 0.2) is 30.6 Å². The van der Waals surface area contributed by atoms with Crippen molar-refractivity contribution in [2.75, 3.05) is 5.32 Å². The Balaban J connectivity index is 0.00000264. The van der Waals surface area contributed by atoms with Crippen molar-refractivity contribution in [2.45, 2.75) is 12.6 Å². The molecule has 0 aromatic carbocycles. The van der Waals surface area contributed by atoms with Crippen LogP contribution in [0.5, 0.6) is 0 Å². The van der Waals surface area contributed by atoms with Gasteiger partial charge in [-0.1, -0.05) is 11.8 Å². The van der Waals surface area contributed by atoms with Crippen LogP contribution in [0.25, 0.3) is 11.3 Å². The third-order valence-corrected chi connectivity index (χ3v) is 2.66. The fraction of sp³-hybridized carbons (Fsp3) is 0.154. The molecular weight excluding hydrogens is 547 g/mol. The smallest absolute Gasteiger partial charge is 0.418 e. The Morgan fingerprint density at radius 3 is 2.43 bits per heavy atom. The van der Waals surface area contributed by atoms with Crippen LogP contribution in [0, 0.1) is 31.1 Å². The normalized spacial score (nSPS) is 11.0. The van der Waals surface area contributed by atoms with E-state index >= 15 is 0 Å². The number of nitrogens with one attached hydrogen (secondary N) is 1. The minimum Gasteiger partial charge on any atom is -0.489 e. The van der Waals surface area contributed by atoms with Crippen molar-refractivity contribution >= 4 is 12.1 Å². The molecule has 23 heavy (non-hydrogen) atoms. The van der Waals surface area contributed by atoms with Gasteiger partial charge >= 0.3 is 6.18 Å². The molecule has 0 spiro atoms. The second-order valence-corrected chi connectivity index (χ2v) is 4.13. The standard InChI is InChI=1S/C13H7F5N3O.U/c14-12(15)8-3-7(4-19-5-8)9-1-2-10(20-6-22)11(21-9)13(16,17)18;/h1-5,12H,(H,20,22);/q-1;. The van der Waals surface area contributed by atoms with Gasteiger partial charge in [0.25, 0.3) is 6.43 Å². The van der Waals surface area contributed by atoms with E-state index in [9.17, 15) is 26.7 Å².